The first-order chi connectivity index (χ1) is 10.9. The van der Waals surface area contributed by atoms with Crippen molar-refractivity contribution in [3.05, 3.63) is 23.8 Å². The van der Waals surface area contributed by atoms with Crippen molar-refractivity contribution >= 4 is 34.6 Å². The van der Waals surface area contributed by atoms with Gasteiger partial charge in [0.05, 0.1) is 4.75 Å². The van der Waals surface area contributed by atoms with Crippen LogP contribution in [0.5, 0.6) is 0 Å². The number of carbonyl (C=O) groups excluding carboxylic acids is 2. The smallest absolute Gasteiger partial charge is 0.246 e. The zero-order valence-electron chi connectivity index (χ0n) is 13.2. The van der Waals surface area contributed by atoms with Gasteiger partial charge in [-0.2, -0.15) is 0 Å². The fraction of sp³-hybridized carbons (Fsp3) is 0.467. The number of carbonyl (C=O) groups is 2. The highest BCUT2D eigenvalue weighted by Crippen LogP contribution is 2.29. The molecule has 1 atom stereocenters. The van der Waals surface area contributed by atoms with Crippen LogP contribution in [0.2, 0.25) is 0 Å². The zero-order valence-corrected chi connectivity index (χ0v) is 14.0. The minimum Gasteiger partial charge on any atom is -0.342 e. The molecule has 0 radical (unpaired) electrons. The van der Waals surface area contributed by atoms with Crippen molar-refractivity contribution in [2.24, 2.45) is 0 Å². The molecular weight excluding hydrogens is 316 g/mol. The summed E-state index contributed by atoms with van der Waals surface area (Å²) in [6.45, 7) is 4.15. The van der Waals surface area contributed by atoms with Crippen LogP contribution in [0.1, 0.15) is 19.4 Å². The van der Waals surface area contributed by atoms with Crippen molar-refractivity contribution < 1.29 is 14.2 Å². The average molecular weight is 334 g/mol. The van der Waals surface area contributed by atoms with Gasteiger partial charge in [-0.05, 0) is 41.9 Å². The minimum absolute atomic E-state index is 0.0975. The molecule has 0 spiro atoms. The molecule has 122 valence electrons. The summed E-state index contributed by atoms with van der Waals surface area (Å²) in [5, 5.41) is 10.4. The largest absolute Gasteiger partial charge is 0.342 e. The monoisotopic (exact) mass is 334 g/mol. The average Bonchev–Trinajstić information content (AvgIpc) is 2.97. The van der Waals surface area contributed by atoms with Crippen molar-refractivity contribution in [3.63, 3.8) is 0 Å². The lowest BCUT2D eigenvalue weighted by Crippen LogP contribution is -2.57. The molecular formula is C15H18N4O3S. The summed E-state index contributed by atoms with van der Waals surface area (Å²) in [5.41, 5.74) is 2.27. The molecule has 1 aromatic heterocycles. The quantitative estimate of drug-likeness (QED) is 0.907. The zero-order chi connectivity index (χ0) is 16.6. The first-order valence-corrected chi connectivity index (χ1v) is 8.26. The first kappa shape index (κ1) is 15.8. The molecule has 23 heavy (non-hydrogen) atoms. The standard InChI is InChI=1S/C15H18N4O3S/c1-15(2)14(21)16-12(8-23-15)13(20)19(3)7-9-4-5-10-11(6-9)18-22-17-10/h4-6,12H,7-8H2,1-3H3,(H,16,21). The van der Waals surface area contributed by atoms with E-state index in [1.807, 2.05) is 26.0 Å². The van der Waals surface area contributed by atoms with Crippen molar-refractivity contribution in [1.29, 1.82) is 0 Å². The van der Waals surface area contributed by atoms with Crippen LogP contribution in [-0.4, -0.2) is 50.6 Å². The van der Waals surface area contributed by atoms with Gasteiger partial charge in [0, 0.05) is 19.3 Å². The normalized spacial score (nSPS) is 20.3. The van der Waals surface area contributed by atoms with Gasteiger partial charge in [-0.1, -0.05) is 6.07 Å². The lowest BCUT2D eigenvalue weighted by molar-refractivity contribution is -0.136. The Kier molecular flexibility index (Phi) is 4.01. The van der Waals surface area contributed by atoms with E-state index in [-0.39, 0.29) is 11.8 Å². The van der Waals surface area contributed by atoms with Crippen molar-refractivity contribution in [2.45, 2.75) is 31.2 Å². The van der Waals surface area contributed by atoms with Crippen LogP contribution in [-0.2, 0) is 16.1 Å². The number of fused-ring (bicyclic) bond motifs is 1. The third-order valence-electron chi connectivity index (χ3n) is 3.88. The van der Waals surface area contributed by atoms with Crippen LogP contribution < -0.4 is 5.32 Å². The number of nitrogens with zero attached hydrogens (tertiary/aromatic N) is 3. The molecule has 8 heteroatoms. The minimum atomic E-state index is -0.486. The molecule has 0 aliphatic carbocycles. The van der Waals surface area contributed by atoms with E-state index in [0.717, 1.165) is 5.56 Å². The molecule has 1 aliphatic heterocycles. The lowest BCUT2D eigenvalue weighted by atomic mass is 10.1. The predicted octanol–water partition coefficient (Wildman–Crippen LogP) is 1.19. The van der Waals surface area contributed by atoms with Gasteiger partial charge in [0.25, 0.3) is 0 Å². The molecule has 1 aromatic carbocycles. The Morgan fingerprint density at radius 1 is 1.43 bits per heavy atom. The van der Waals surface area contributed by atoms with Gasteiger partial charge in [0.1, 0.15) is 17.1 Å². The molecule has 7 nitrogen and oxygen atoms in total. The Bertz CT molecular complexity index is 758. The number of rotatable bonds is 3. The topological polar surface area (TPSA) is 88.3 Å². The Balaban J connectivity index is 1.66. The number of nitrogens with one attached hydrogen (secondary N) is 1. The molecule has 3 rings (SSSR count). The SMILES string of the molecule is CN(Cc1ccc2nonc2c1)C(=O)C1CSC(C)(C)C(=O)N1. The first-order valence-electron chi connectivity index (χ1n) is 7.28. The highest BCUT2D eigenvalue weighted by Gasteiger charge is 2.38. The van der Waals surface area contributed by atoms with E-state index in [9.17, 15) is 9.59 Å². The Labute approximate surface area is 137 Å². The molecule has 0 saturated carbocycles. The highest BCUT2D eigenvalue weighted by molar-refractivity contribution is 8.01. The molecule has 1 unspecified atom stereocenters. The Hall–Kier alpha value is -2.09. The van der Waals surface area contributed by atoms with Crippen LogP contribution in [0.4, 0.5) is 0 Å². The second-order valence-electron chi connectivity index (χ2n) is 6.13. The predicted molar refractivity (Wildman–Crippen MR) is 86.7 cm³/mol. The fourth-order valence-electron chi connectivity index (χ4n) is 2.41. The van der Waals surface area contributed by atoms with Crippen LogP contribution in [0.3, 0.4) is 0 Å². The number of thioether (sulfide) groups is 1. The van der Waals surface area contributed by atoms with Crippen LogP contribution in [0.25, 0.3) is 11.0 Å². The summed E-state index contributed by atoms with van der Waals surface area (Å²) >= 11 is 1.50. The number of benzene rings is 1. The van der Waals surface area contributed by atoms with E-state index in [0.29, 0.717) is 23.3 Å². The van der Waals surface area contributed by atoms with E-state index in [2.05, 4.69) is 20.3 Å². The number of amides is 2. The third-order valence-corrected chi connectivity index (χ3v) is 5.28. The molecule has 2 amide bonds. The van der Waals surface area contributed by atoms with E-state index in [4.69, 9.17) is 0 Å². The summed E-state index contributed by atoms with van der Waals surface area (Å²) in [4.78, 5) is 26.1. The summed E-state index contributed by atoms with van der Waals surface area (Å²) in [5.74, 6) is 0.379. The van der Waals surface area contributed by atoms with Crippen LogP contribution >= 0.6 is 11.8 Å². The molecule has 1 aliphatic rings. The molecule has 1 saturated heterocycles. The van der Waals surface area contributed by atoms with Gasteiger partial charge in [0.2, 0.25) is 11.8 Å². The van der Waals surface area contributed by atoms with E-state index >= 15 is 0 Å². The van der Waals surface area contributed by atoms with E-state index < -0.39 is 10.8 Å². The number of aromatic nitrogens is 2. The highest BCUT2D eigenvalue weighted by atomic mass is 32.2. The molecule has 1 fully saturated rings. The van der Waals surface area contributed by atoms with Gasteiger partial charge < -0.3 is 10.2 Å². The summed E-state index contributed by atoms with van der Waals surface area (Å²) in [6.07, 6.45) is 0. The summed E-state index contributed by atoms with van der Waals surface area (Å²) < 4.78 is 4.18. The van der Waals surface area contributed by atoms with Gasteiger partial charge >= 0.3 is 0 Å². The number of hydrogen-bond donors (Lipinski definition) is 1. The van der Waals surface area contributed by atoms with Gasteiger partial charge in [-0.3, -0.25) is 9.59 Å². The summed E-state index contributed by atoms with van der Waals surface area (Å²) in [7, 11) is 1.73. The Morgan fingerprint density at radius 3 is 2.91 bits per heavy atom. The van der Waals surface area contributed by atoms with Crippen molar-refractivity contribution in [1.82, 2.24) is 20.5 Å². The maximum Gasteiger partial charge on any atom is 0.246 e. The third kappa shape index (κ3) is 3.17. The second kappa shape index (κ2) is 5.84. The van der Waals surface area contributed by atoms with E-state index in [1.165, 1.54) is 11.8 Å². The maximum absolute atomic E-state index is 12.5. The van der Waals surface area contributed by atoms with E-state index in [1.54, 1.807) is 18.0 Å². The van der Waals surface area contributed by atoms with Gasteiger partial charge in [-0.15, -0.1) is 11.8 Å². The Morgan fingerprint density at radius 2 is 2.17 bits per heavy atom. The summed E-state index contributed by atoms with van der Waals surface area (Å²) in [6, 6.07) is 5.05. The fourth-order valence-corrected chi connectivity index (χ4v) is 3.41. The molecule has 1 N–H and O–H groups in total. The van der Waals surface area contributed by atoms with Gasteiger partial charge in [-0.25, -0.2) is 4.63 Å². The second-order valence-corrected chi connectivity index (χ2v) is 7.77. The van der Waals surface area contributed by atoms with Crippen molar-refractivity contribution in [3.8, 4) is 0 Å². The number of likely N-dealkylation sites (N-methyl/N-ethyl adjacent to an activating group) is 1. The maximum atomic E-state index is 12.5. The van der Waals surface area contributed by atoms with Crippen molar-refractivity contribution in [2.75, 3.05) is 12.8 Å². The molecule has 2 aromatic rings. The molecule has 0 bridgehead atoms. The molecule has 2 heterocycles. The van der Waals surface area contributed by atoms with Gasteiger partial charge in [0.15, 0.2) is 0 Å². The van der Waals surface area contributed by atoms with Crippen LogP contribution in [0, 0.1) is 0 Å². The lowest BCUT2D eigenvalue weighted by Gasteiger charge is -2.34. The van der Waals surface area contributed by atoms with Crippen LogP contribution in [0.15, 0.2) is 22.8 Å². The number of hydrogen-bond acceptors (Lipinski definition) is 6.